The number of carbonyl (C=O) groups is 2. The van der Waals surface area contributed by atoms with Crippen molar-refractivity contribution < 1.29 is 18.7 Å². The van der Waals surface area contributed by atoms with Gasteiger partial charge in [0, 0.05) is 41.8 Å². The van der Waals surface area contributed by atoms with E-state index in [0.717, 1.165) is 22.6 Å². The predicted octanol–water partition coefficient (Wildman–Crippen LogP) is 4.25. The van der Waals surface area contributed by atoms with E-state index in [-0.39, 0.29) is 24.6 Å². The van der Waals surface area contributed by atoms with Crippen LogP contribution in [0.1, 0.15) is 50.7 Å². The number of hydrogen-bond donors (Lipinski definition) is 0. The number of aryl methyl sites for hydroxylation is 4. The number of nitrogens with zero attached hydrogens (tertiary/aromatic N) is 3. The zero-order valence-electron chi connectivity index (χ0n) is 18.9. The Labute approximate surface area is 181 Å². The van der Waals surface area contributed by atoms with Gasteiger partial charge in [-0.15, -0.1) is 0 Å². The molecule has 1 aromatic carbocycles. The van der Waals surface area contributed by atoms with E-state index in [0.29, 0.717) is 28.9 Å². The molecule has 0 N–H and O–H groups in total. The van der Waals surface area contributed by atoms with Gasteiger partial charge < -0.3 is 9.30 Å². The molecule has 0 bridgehead atoms. The van der Waals surface area contributed by atoms with Crippen molar-refractivity contribution in [1.29, 1.82) is 0 Å². The molecule has 0 aliphatic heterocycles. The smallest absolute Gasteiger partial charge is 0.306 e. The van der Waals surface area contributed by atoms with E-state index in [9.17, 15) is 14.0 Å². The molecular formula is C24H28FN3O3. The summed E-state index contributed by atoms with van der Waals surface area (Å²) in [5.74, 6) is -1.01. The van der Waals surface area contributed by atoms with Gasteiger partial charge in [-0.05, 0) is 70.4 Å². The van der Waals surface area contributed by atoms with E-state index in [4.69, 9.17) is 4.74 Å². The van der Waals surface area contributed by atoms with Gasteiger partial charge >= 0.3 is 5.97 Å². The van der Waals surface area contributed by atoms with Crippen LogP contribution in [0, 0.1) is 40.4 Å². The number of carbonyl (C=O) groups excluding carboxylic acids is 2. The Morgan fingerprint density at radius 1 is 1.06 bits per heavy atom. The summed E-state index contributed by atoms with van der Waals surface area (Å²) in [7, 11) is 1.87. The number of esters is 1. The van der Waals surface area contributed by atoms with Gasteiger partial charge in [0.15, 0.2) is 6.61 Å². The molecule has 2 aromatic heterocycles. The highest BCUT2D eigenvalue weighted by Crippen LogP contribution is 2.23. The summed E-state index contributed by atoms with van der Waals surface area (Å²) < 4.78 is 22.8. The lowest BCUT2D eigenvalue weighted by Crippen LogP contribution is -2.15. The van der Waals surface area contributed by atoms with Crippen LogP contribution in [-0.4, -0.2) is 32.7 Å². The SMILES string of the molecule is Cc1ccc(-n2c(C)cc(C(=O)COC(=O)CCc3c(C)nn(C)c3C)c2C)cc1F. The fourth-order valence-electron chi connectivity index (χ4n) is 3.87. The standard InChI is InChI=1S/C24H28FN3O3/c1-14-7-8-19(12-22(14)25)28-15(2)11-21(18(28)5)23(29)13-31-24(30)10-9-20-16(3)26-27(6)17(20)4/h7-8,11-12H,9-10,13H2,1-6H3. The Bertz CT molecular complexity index is 1160. The van der Waals surface area contributed by atoms with Crippen LogP contribution in [-0.2, 0) is 23.0 Å². The van der Waals surface area contributed by atoms with Crippen molar-refractivity contribution in [1.82, 2.24) is 14.3 Å². The van der Waals surface area contributed by atoms with Gasteiger partial charge in [0.25, 0.3) is 0 Å². The Balaban J connectivity index is 1.65. The van der Waals surface area contributed by atoms with E-state index in [2.05, 4.69) is 5.10 Å². The number of halogens is 1. The Kier molecular flexibility index (Phi) is 6.43. The van der Waals surface area contributed by atoms with E-state index >= 15 is 0 Å². The first kappa shape index (κ1) is 22.5. The molecule has 0 atom stereocenters. The highest BCUT2D eigenvalue weighted by molar-refractivity contribution is 5.99. The summed E-state index contributed by atoms with van der Waals surface area (Å²) in [6.07, 6.45) is 0.703. The van der Waals surface area contributed by atoms with E-state index in [1.807, 2.05) is 38.5 Å². The number of Topliss-reactive ketones (excluding diaryl/α,β-unsaturated/α-hetero) is 1. The maximum atomic E-state index is 14.0. The Morgan fingerprint density at radius 2 is 1.77 bits per heavy atom. The summed E-state index contributed by atoms with van der Waals surface area (Å²) in [5, 5.41) is 4.34. The first-order valence-electron chi connectivity index (χ1n) is 10.2. The molecule has 7 heteroatoms. The first-order valence-corrected chi connectivity index (χ1v) is 10.2. The minimum atomic E-state index is -0.426. The maximum absolute atomic E-state index is 14.0. The van der Waals surface area contributed by atoms with Crippen LogP contribution in [0.3, 0.4) is 0 Å². The van der Waals surface area contributed by atoms with Crippen LogP contribution in [0.2, 0.25) is 0 Å². The average Bonchev–Trinajstić information content (AvgIpc) is 3.14. The highest BCUT2D eigenvalue weighted by Gasteiger charge is 2.19. The van der Waals surface area contributed by atoms with Gasteiger partial charge in [0.05, 0.1) is 5.69 Å². The monoisotopic (exact) mass is 425 g/mol. The minimum absolute atomic E-state index is 0.183. The molecule has 0 spiro atoms. The van der Waals surface area contributed by atoms with Gasteiger partial charge in [-0.1, -0.05) is 6.07 Å². The largest absolute Gasteiger partial charge is 0.457 e. The second-order valence-corrected chi connectivity index (χ2v) is 7.91. The first-order chi connectivity index (χ1) is 14.6. The molecule has 0 radical (unpaired) electrons. The molecular weight excluding hydrogens is 397 g/mol. The number of ether oxygens (including phenoxy) is 1. The topological polar surface area (TPSA) is 66.1 Å². The summed E-state index contributed by atoms with van der Waals surface area (Å²) in [5.41, 5.74) is 6.10. The minimum Gasteiger partial charge on any atom is -0.457 e. The molecule has 3 rings (SSSR count). The molecule has 0 fully saturated rings. The number of aromatic nitrogens is 3. The lowest BCUT2D eigenvalue weighted by Gasteiger charge is -2.11. The molecule has 164 valence electrons. The Hall–Kier alpha value is -3.22. The number of benzene rings is 1. The highest BCUT2D eigenvalue weighted by atomic mass is 19.1. The molecule has 0 aliphatic rings. The van der Waals surface area contributed by atoms with Gasteiger partial charge in [-0.2, -0.15) is 5.10 Å². The molecule has 6 nitrogen and oxygen atoms in total. The van der Waals surface area contributed by atoms with Gasteiger partial charge in [-0.25, -0.2) is 4.39 Å². The fraction of sp³-hybridized carbons (Fsp3) is 0.375. The lowest BCUT2D eigenvalue weighted by molar-refractivity contribution is -0.142. The van der Waals surface area contributed by atoms with Gasteiger partial charge in [0.2, 0.25) is 5.78 Å². The van der Waals surface area contributed by atoms with Crippen molar-refractivity contribution >= 4 is 11.8 Å². The lowest BCUT2D eigenvalue weighted by atomic mass is 10.1. The molecule has 0 amide bonds. The normalized spacial score (nSPS) is 11.1. The predicted molar refractivity (Wildman–Crippen MR) is 116 cm³/mol. The summed E-state index contributed by atoms with van der Waals surface area (Å²) in [6, 6.07) is 6.71. The summed E-state index contributed by atoms with van der Waals surface area (Å²) >= 11 is 0. The molecule has 2 heterocycles. The molecule has 0 saturated carbocycles. The van der Waals surface area contributed by atoms with Crippen LogP contribution >= 0.6 is 0 Å². The second kappa shape index (κ2) is 8.88. The fourth-order valence-corrected chi connectivity index (χ4v) is 3.87. The second-order valence-electron chi connectivity index (χ2n) is 7.91. The van der Waals surface area contributed by atoms with E-state index < -0.39 is 5.97 Å². The van der Waals surface area contributed by atoms with Crippen LogP contribution < -0.4 is 0 Å². The summed E-state index contributed by atoms with van der Waals surface area (Å²) in [4.78, 5) is 24.9. The third-order valence-electron chi connectivity index (χ3n) is 5.75. The van der Waals surface area contributed by atoms with Crippen molar-refractivity contribution in [3.05, 3.63) is 69.5 Å². The van der Waals surface area contributed by atoms with Crippen LogP contribution in [0.15, 0.2) is 24.3 Å². The van der Waals surface area contributed by atoms with Crippen molar-refractivity contribution in [3.63, 3.8) is 0 Å². The van der Waals surface area contributed by atoms with Gasteiger partial charge in [0.1, 0.15) is 5.82 Å². The van der Waals surface area contributed by atoms with Crippen molar-refractivity contribution in [2.75, 3.05) is 6.61 Å². The Morgan fingerprint density at radius 3 is 2.39 bits per heavy atom. The number of ketones is 1. The van der Waals surface area contributed by atoms with Crippen molar-refractivity contribution in [3.8, 4) is 5.69 Å². The molecule has 31 heavy (non-hydrogen) atoms. The average molecular weight is 426 g/mol. The quantitative estimate of drug-likeness (QED) is 0.419. The zero-order valence-corrected chi connectivity index (χ0v) is 18.9. The number of rotatable bonds is 7. The van der Waals surface area contributed by atoms with Crippen molar-refractivity contribution in [2.45, 2.75) is 47.5 Å². The van der Waals surface area contributed by atoms with Crippen LogP contribution in [0.5, 0.6) is 0 Å². The molecule has 3 aromatic rings. The molecule has 0 aliphatic carbocycles. The third-order valence-corrected chi connectivity index (χ3v) is 5.75. The van der Waals surface area contributed by atoms with E-state index in [1.54, 1.807) is 30.7 Å². The number of hydrogen-bond acceptors (Lipinski definition) is 4. The summed E-state index contributed by atoms with van der Waals surface area (Å²) in [6.45, 7) is 8.90. The zero-order chi connectivity index (χ0) is 22.9. The van der Waals surface area contributed by atoms with Crippen LogP contribution in [0.25, 0.3) is 5.69 Å². The van der Waals surface area contributed by atoms with Gasteiger partial charge in [-0.3, -0.25) is 14.3 Å². The van der Waals surface area contributed by atoms with Crippen LogP contribution in [0.4, 0.5) is 4.39 Å². The van der Waals surface area contributed by atoms with E-state index in [1.165, 1.54) is 6.07 Å². The molecule has 0 unspecified atom stereocenters. The molecule has 0 saturated heterocycles. The maximum Gasteiger partial charge on any atom is 0.306 e. The van der Waals surface area contributed by atoms with Crippen molar-refractivity contribution in [2.24, 2.45) is 7.05 Å². The third kappa shape index (κ3) is 4.60.